The third-order valence-electron chi connectivity index (χ3n) is 4.82. The van der Waals surface area contributed by atoms with Gasteiger partial charge in [-0.1, -0.05) is 104 Å². The van der Waals surface area contributed by atoms with Crippen LogP contribution in [0, 0.1) is 0 Å². The third kappa shape index (κ3) is 3.57. The lowest BCUT2D eigenvalue weighted by molar-refractivity contribution is 0.522. The molecule has 0 heterocycles. The Hall–Kier alpha value is -1.87. The first-order chi connectivity index (χ1) is 11.9. The first kappa shape index (κ1) is 17.9. The molecule has 0 radical (unpaired) electrons. The molecule has 0 fully saturated rings. The predicted molar refractivity (Wildman–Crippen MR) is 110 cm³/mol. The van der Waals surface area contributed by atoms with Crippen LogP contribution in [0.2, 0.25) is 5.04 Å². The minimum Gasteiger partial charge on any atom is -0.423 e. The van der Waals surface area contributed by atoms with Gasteiger partial charge < -0.3 is 4.80 Å². The molecule has 0 saturated heterocycles. The number of hydrogen-bond donors (Lipinski definition) is 1. The summed E-state index contributed by atoms with van der Waals surface area (Å²) in [5.74, 6) is 0. The first-order valence-corrected chi connectivity index (χ1v) is 10.8. The maximum absolute atomic E-state index is 12.1. The van der Waals surface area contributed by atoms with Gasteiger partial charge in [0.25, 0.3) is 8.32 Å². The summed E-state index contributed by atoms with van der Waals surface area (Å²) in [6, 6.07) is 20.2. The van der Waals surface area contributed by atoms with E-state index in [0.717, 1.165) is 27.4 Å². The third-order valence-corrected chi connectivity index (χ3v) is 9.43. The summed E-state index contributed by atoms with van der Waals surface area (Å²) in [5.41, 5.74) is 1.15. The van der Waals surface area contributed by atoms with Crippen molar-refractivity contribution in [1.82, 2.24) is 0 Å². The second-order valence-electron chi connectivity index (χ2n) is 7.03. The fourth-order valence-electron chi connectivity index (χ4n) is 3.53. The molecule has 0 bridgehead atoms. The minimum atomic E-state index is -3.01. The Labute approximate surface area is 156 Å². The van der Waals surface area contributed by atoms with Gasteiger partial charge in [-0.05, 0) is 22.0 Å². The van der Waals surface area contributed by atoms with E-state index in [-0.39, 0.29) is 0 Å². The molecular formula is C22H23ClOSi. The highest BCUT2D eigenvalue weighted by Gasteiger charge is 2.48. The molecule has 0 atom stereocenters. The molecule has 3 rings (SSSR count). The van der Waals surface area contributed by atoms with E-state index >= 15 is 0 Å². The van der Waals surface area contributed by atoms with Crippen molar-refractivity contribution >= 4 is 30.3 Å². The van der Waals surface area contributed by atoms with E-state index in [9.17, 15) is 4.80 Å². The van der Waals surface area contributed by atoms with Gasteiger partial charge in [0.15, 0.2) is 0 Å². The molecular weight excluding hydrogens is 344 g/mol. The molecule has 25 heavy (non-hydrogen) atoms. The van der Waals surface area contributed by atoms with Crippen molar-refractivity contribution < 1.29 is 4.80 Å². The van der Waals surface area contributed by atoms with Crippen LogP contribution in [0.15, 0.2) is 95.6 Å². The average Bonchev–Trinajstić information content (AvgIpc) is 2.62. The number of hydrogen-bond acceptors (Lipinski definition) is 1. The highest BCUT2D eigenvalue weighted by molar-refractivity contribution is 6.99. The van der Waals surface area contributed by atoms with Crippen LogP contribution < -0.4 is 10.4 Å². The number of benzene rings is 2. The molecule has 0 aliphatic heterocycles. The van der Waals surface area contributed by atoms with Gasteiger partial charge in [-0.15, -0.1) is 0 Å². The molecule has 0 saturated carbocycles. The molecule has 1 N–H and O–H groups in total. The largest absolute Gasteiger partial charge is 0.423 e. The fraction of sp³-hybridized carbons (Fsp3) is 0.182. The van der Waals surface area contributed by atoms with Crippen molar-refractivity contribution in [2.45, 2.75) is 25.3 Å². The summed E-state index contributed by atoms with van der Waals surface area (Å²) >= 11 is 6.21. The maximum Gasteiger partial charge on any atom is 0.262 e. The Morgan fingerprint density at radius 2 is 1.48 bits per heavy atom. The predicted octanol–water partition coefficient (Wildman–Crippen LogP) is 4.53. The van der Waals surface area contributed by atoms with Crippen molar-refractivity contribution in [2.24, 2.45) is 0 Å². The van der Waals surface area contributed by atoms with Crippen LogP contribution in [0.3, 0.4) is 0 Å². The SMILES string of the molecule is CC(C)(/C=C1\C=CC=C(Cl)C1)[Si](O)(c1ccccc1)c1ccccc1. The summed E-state index contributed by atoms with van der Waals surface area (Å²) < 4.78 is 0. The molecule has 1 aliphatic carbocycles. The molecule has 2 aromatic rings. The quantitative estimate of drug-likeness (QED) is 0.788. The summed E-state index contributed by atoms with van der Waals surface area (Å²) in [5, 5.41) is 2.47. The van der Waals surface area contributed by atoms with Gasteiger partial charge >= 0.3 is 0 Å². The second kappa shape index (κ2) is 7.16. The molecule has 0 aromatic heterocycles. The number of rotatable bonds is 4. The Morgan fingerprint density at radius 1 is 0.960 bits per heavy atom. The molecule has 3 heteroatoms. The average molecular weight is 367 g/mol. The van der Waals surface area contributed by atoms with E-state index in [0.29, 0.717) is 0 Å². The van der Waals surface area contributed by atoms with E-state index in [1.807, 2.05) is 72.8 Å². The number of allylic oxidation sites excluding steroid dienone is 6. The minimum absolute atomic E-state index is 0.399. The maximum atomic E-state index is 12.1. The van der Waals surface area contributed by atoms with E-state index in [4.69, 9.17) is 11.6 Å². The van der Waals surface area contributed by atoms with Gasteiger partial charge in [-0.3, -0.25) is 0 Å². The van der Waals surface area contributed by atoms with Crippen LogP contribution in [0.4, 0.5) is 0 Å². The fourth-order valence-corrected chi connectivity index (χ4v) is 7.32. The van der Waals surface area contributed by atoms with Crippen LogP contribution >= 0.6 is 11.6 Å². The lowest BCUT2D eigenvalue weighted by Crippen LogP contribution is -2.65. The monoisotopic (exact) mass is 366 g/mol. The van der Waals surface area contributed by atoms with Crippen LogP contribution in [0.25, 0.3) is 0 Å². The Kier molecular flexibility index (Phi) is 5.14. The van der Waals surface area contributed by atoms with Crippen molar-refractivity contribution in [2.75, 3.05) is 0 Å². The normalized spacial score (nSPS) is 16.8. The van der Waals surface area contributed by atoms with Crippen molar-refractivity contribution in [3.63, 3.8) is 0 Å². The zero-order chi connectivity index (χ0) is 17.9. The molecule has 0 unspecified atom stereocenters. The van der Waals surface area contributed by atoms with E-state index < -0.39 is 13.4 Å². The van der Waals surface area contributed by atoms with Crippen LogP contribution in [-0.2, 0) is 0 Å². The summed E-state index contributed by atoms with van der Waals surface area (Å²) in [4.78, 5) is 12.1. The smallest absolute Gasteiger partial charge is 0.262 e. The van der Waals surface area contributed by atoms with Crippen LogP contribution in [0.1, 0.15) is 20.3 Å². The lowest BCUT2D eigenvalue weighted by atomic mass is 10.0. The van der Waals surface area contributed by atoms with Crippen molar-refractivity contribution in [1.29, 1.82) is 0 Å². The molecule has 128 valence electrons. The van der Waals surface area contributed by atoms with Crippen molar-refractivity contribution in [3.05, 3.63) is 95.6 Å². The van der Waals surface area contributed by atoms with Crippen LogP contribution in [-0.4, -0.2) is 13.1 Å². The van der Waals surface area contributed by atoms with E-state index in [2.05, 4.69) is 26.0 Å². The van der Waals surface area contributed by atoms with Gasteiger partial charge in [-0.2, -0.15) is 0 Å². The zero-order valence-electron chi connectivity index (χ0n) is 14.6. The molecule has 0 spiro atoms. The Balaban J connectivity index is 2.13. The van der Waals surface area contributed by atoms with Crippen LogP contribution in [0.5, 0.6) is 0 Å². The summed E-state index contributed by atoms with van der Waals surface area (Å²) in [7, 11) is -3.01. The molecule has 0 amide bonds. The van der Waals surface area contributed by atoms with Crippen molar-refractivity contribution in [3.8, 4) is 0 Å². The molecule has 1 nitrogen and oxygen atoms in total. The van der Waals surface area contributed by atoms with E-state index in [1.165, 1.54) is 0 Å². The zero-order valence-corrected chi connectivity index (χ0v) is 16.4. The Morgan fingerprint density at radius 3 is 1.96 bits per heavy atom. The first-order valence-electron chi connectivity index (χ1n) is 8.51. The van der Waals surface area contributed by atoms with E-state index in [1.54, 1.807) is 0 Å². The van der Waals surface area contributed by atoms with Gasteiger partial charge in [0.05, 0.1) is 0 Å². The summed E-state index contributed by atoms with van der Waals surface area (Å²) in [6.07, 6.45) is 8.89. The standard InChI is InChI=1S/C22H23ClOSi/c1-22(2,17-18-10-9-11-19(23)16-18)25(24,20-12-5-3-6-13-20)21-14-7-4-8-15-21/h3-15,17,24H,16H2,1-2H3/b18-17+. The van der Waals surface area contributed by atoms with Gasteiger partial charge in [0.1, 0.15) is 0 Å². The highest BCUT2D eigenvalue weighted by Crippen LogP contribution is 2.39. The molecule has 1 aliphatic rings. The number of halogens is 1. The van der Waals surface area contributed by atoms with Gasteiger partial charge in [0, 0.05) is 16.5 Å². The van der Waals surface area contributed by atoms with Gasteiger partial charge in [0.2, 0.25) is 0 Å². The second-order valence-corrected chi connectivity index (χ2v) is 11.4. The molecule has 2 aromatic carbocycles. The summed E-state index contributed by atoms with van der Waals surface area (Å²) in [6.45, 7) is 4.26. The highest BCUT2D eigenvalue weighted by atomic mass is 35.5. The van der Waals surface area contributed by atoms with Gasteiger partial charge in [-0.25, -0.2) is 0 Å². The Bertz CT molecular complexity index is 780. The topological polar surface area (TPSA) is 20.2 Å². The lowest BCUT2D eigenvalue weighted by Gasteiger charge is -2.40.